The first-order valence-electron chi connectivity index (χ1n) is 8.27. The Kier molecular flexibility index (Phi) is 9.02. The van der Waals surface area contributed by atoms with Crippen LogP contribution in [0.15, 0.2) is 22.7 Å². The van der Waals surface area contributed by atoms with E-state index >= 15 is 0 Å². The molecular formula is C18H30BrNO. The third-order valence-corrected chi connectivity index (χ3v) is 4.46. The highest BCUT2D eigenvalue weighted by Crippen LogP contribution is 2.29. The zero-order chi connectivity index (χ0) is 15.7. The smallest absolute Gasteiger partial charge is 0.124 e. The van der Waals surface area contributed by atoms with Crippen LogP contribution in [0.5, 0.6) is 5.75 Å². The van der Waals surface area contributed by atoms with Gasteiger partial charge in [-0.05, 0) is 44.0 Å². The maximum atomic E-state index is 6.15. The third kappa shape index (κ3) is 6.39. The van der Waals surface area contributed by atoms with Gasteiger partial charge in [-0.15, -0.1) is 0 Å². The Balaban J connectivity index is 2.72. The van der Waals surface area contributed by atoms with E-state index in [1.165, 1.54) is 31.2 Å². The van der Waals surface area contributed by atoms with Crippen LogP contribution in [0.3, 0.4) is 0 Å². The van der Waals surface area contributed by atoms with Crippen LogP contribution in [0.2, 0.25) is 0 Å². The van der Waals surface area contributed by atoms with E-state index in [0.29, 0.717) is 12.0 Å². The lowest BCUT2D eigenvalue weighted by Gasteiger charge is -2.21. The van der Waals surface area contributed by atoms with Crippen molar-refractivity contribution in [1.82, 2.24) is 5.32 Å². The molecular weight excluding hydrogens is 326 g/mol. The van der Waals surface area contributed by atoms with Crippen molar-refractivity contribution in [1.29, 1.82) is 0 Å². The Bertz CT molecular complexity index is 408. The fourth-order valence-corrected chi connectivity index (χ4v) is 2.89. The molecule has 0 spiro atoms. The summed E-state index contributed by atoms with van der Waals surface area (Å²) >= 11 is 3.56. The first-order chi connectivity index (χ1) is 10.1. The summed E-state index contributed by atoms with van der Waals surface area (Å²) < 4.78 is 7.25. The summed E-state index contributed by atoms with van der Waals surface area (Å²) in [7, 11) is 0. The van der Waals surface area contributed by atoms with Crippen LogP contribution < -0.4 is 10.1 Å². The second-order valence-corrected chi connectivity index (χ2v) is 6.60. The molecule has 0 saturated heterocycles. The summed E-state index contributed by atoms with van der Waals surface area (Å²) in [5.74, 6) is 1.68. The zero-order valence-corrected chi connectivity index (χ0v) is 15.5. The van der Waals surface area contributed by atoms with Crippen LogP contribution in [-0.4, -0.2) is 13.2 Å². The highest BCUT2D eigenvalue weighted by atomic mass is 79.9. The fraction of sp³-hybridized carbons (Fsp3) is 0.667. The number of hydrogen-bond acceptors (Lipinski definition) is 2. The summed E-state index contributed by atoms with van der Waals surface area (Å²) in [6.07, 6.45) is 5.01. The molecule has 0 aliphatic carbocycles. The normalized spacial score (nSPS) is 14.0. The van der Waals surface area contributed by atoms with Crippen molar-refractivity contribution in [3.63, 3.8) is 0 Å². The van der Waals surface area contributed by atoms with E-state index < -0.39 is 0 Å². The van der Waals surface area contributed by atoms with Gasteiger partial charge < -0.3 is 10.1 Å². The summed E-state index contributed by atoms with van der Waals surface area (Å²) in [4.78, 5) is 0. The maximum Gasteiger partial charge on any atom is 0.124 e. The highest BCUT2D eigenvalue weighted by molar-refractivity contribution is 9.10. The van der Waals surface area contributed by atoms with Gasteiger partial charge in [0.25, 0.3) is 0 Å². The predicted octanol–water partition coefficient (Wildman–Crippen LogP) is 5.71. The first-order valence-corrected chi connectivity index (χ1v) is 9.07. The second kappa shape index (κ2) is 10.2. The molecule has 0 saturated carbocycles. The van der Waals surface area contributed by atoms with Crippen molar-refractivity contribution in [2.45, 2.75) is 59.4 Å². The number of benzene rings is 1. The van der Waals surface area contributed by atoms with Gasteiger partial charge in [0.05, 0.1) is 6.61 Å². The van der Waals surface area contributed by atoms with E-state index in [0.717, 1.165) is 23.4 Å². The number of halogens is 1. The molecule has 21 heavy (non-hydrogen) atoms. The van der Waals surface area contributed by atoms with E-state index in [-0.39, 0.29) is 0 Å². The minimum absolute atomic E-state index is 0.304. The maximum absolute atomic E-state index is 6.15. The van der Waals surface area contributed by atoms with Crippen LogP contribution >= 0.6 is 15.9 Å². The standard InChI is InChI=1S/C18H30BrNO/c1-5-8-9-15(6-2)13-21-18-11-10-16(19)12-17(18)14(4)20-7-3/h10-12,14-15,20H,5-9,13H2,1-4H3. The molecule has 0 aromatic heterocycles. The van der Waals surface area contributed by atoms with E-state index in [1.807, 2.05) is 0 Å². The number of unbranched alkanes of at least 4 members (excludes halogenated alkanes) is 1. The SMILES string of the molecule is CCCCC(CC)COc1ccc(Br)cc1C(C)NCC. The zero-order valence-electron chi connectivity index (χ0n) is 13.9. The van der Waals surface area contributed by atoms with Crippen molar-refractivity contribution in [3.05, 3.63) is 28.2 Å². The lowest BCUT2D eigenvalue weighted by molar-refractivity contribution is 0.230. The average molecular weight is 356 g/mol. The summed E-state index contributed by atoms with van der Waals surface area (Å²) in [6.45, 7) is 10.6. The number of ether oxygens (including phenoxy) is 1. The topological polar surface area (TPSA) is 21.3 Å². The molecule has 0 fully saturated rings. The van der Waals surface area contributed by atoms with Gasteiger partial charge in [0.15, 0.2) is 0 Å². The summed E-state index contributed by atoms with van der Waals surface area (Å²) in [6, 6.07) is 6.61. The molecule has 1 aromatic carbocycles. The molecule has 2 atom stereocenters. The molecule has 0 aliphatic heterocycles. The predicted molar refractivity (Wildman–Crippen MR) is 95.0 cm³/mol. The summed E-state index contributed by atoms with van der Waals surface area (Å²) in [5.41, 5.74) is 1.23. The molecule has 1 rings (SSSR count). The van der Waals surface area contributed by atoms with Gasteiger partial charge in [0, 0.05) is 16.1 Å². The Morgan fingerprint density at radius 3 is 2.62 bits per heavy atom. The lowest BCUT2D eigenvalue weighted by atomic mass is 10.0. The second-order valence-electron chi connectivity index (χ2n) is 5.69. The Hall–Kier alpha value is -0.540. The van der Waals surface area contributed by atoms with E-state index in [9.17, 15) is 0 Å². The minimum Gasteiger partial charge on any atom is -0.493 e. The molecule has 0 heterocycles. The van der Waals surface area contributed by atoms with Crippen LogP contribution in [0.4, 0.5) is 0 Å². The van der Waals surface area contributed by atoms with Gasteiger partial charge in [-0.25, -0.2) is 0 Å². The lowest BCUT2D eigenvalue weighted by Crippen LogP contribution is -2.19. The number of hydrogen-bond donors (Lipinski definition) is 1. The highest BCUT2D eigenvalue weighted by Gasteiger charge is 2.13. The Morgan fingerprint density at radius 2 is 2.00 bits per heavy atom. The van der Waals surface area contributed by atoms with E-state index in [2.05, 4.69) is 67.1 Å². The van der Waals surface area contributed by atoms with E-state index in [4.69, 9.17) is 4.74 Å². The van der Waals surface area contributed by atoms with Crippen LogP contribution in [0, 0.1) is 5.92 Å². The van der Waals surface area contributed by atoms with Crippen LogP contribution in [-0.2, 0) is 0 Å². The van der Waals surface area contributed by atoms with Crippen molar-refractivity contribution in [2.75, 3.05) is 13.2 Å². The van der Waals surface area contributed by atoms with Crippen molar-refractivity contribution in [2.24, 2.45) is 5.92 Å². The molecule has 1 N–H and O–H groups in total. The molecule has 120 valence electrons. The number of nitrogens with one attached hydrogen (secondary N) is 1. The quantitative estimate of drug-likeness (QED) is 0.579. The molecule has 1 aromatic rings. The molecule has 0 amide bonds. The average Bonchev–Trinajstić information content (AvgIpc) is 2.48. The fourth-order valence-electron chi connectivity index (χ4n) is 2.51. The largest absolute Gasteiger partial charge is 0.493 e. The Labute approximate surface area is 138 Å². The molecule has 0 aliphatic rings. The van der Waals surface area contributed by atoms with Gasteiger partial charge in [-0.2, -0.15) is 0 Å². The first kappa shape index (κ1) is 18.5. The van der Waals surface area contributed by atoms with Gasteiger partial charge in [0.2, 0.25) is 0 Å². The molecule has 2 unspecified atom stereocenters. The van der Waals surface area contributed by atoms with Crippen molar-refractivity contribution < 1.29 is 4.74 Å². The van der Waals surface area contributed by atoms with E-state index in [1.54, 1.807) is 0 Å². The van der Waals surface area contributed by atoms with Gasteiger partial charge in [0.1, 0.15) is 5.75 Å². The van der Waals surface area contributed by atoms with Crippen LogP contribution in [0.1, 0.15) is 65.0 Å². The Morgan fingerprint density at radius 1 is 1.24 bits per heavy atom. The molecule has 0 radical (unpaired) electrons. The van der Waals surface area contributed by atoms with Crippen LogP contribution in [0.25, 0.3) is 0 Å². The van der Waals surface area contributed by atoms with Gasteiger partial charge in [-0.1, -0.05) is 56.0 Å². The third-order valence-electron chi connectivity index (χ3n) is 3.97. The van der Waals surface area contributed by atoms with Gasteiger partial charge in [-0.3, -0.25) is 0 Å². The molecule has 2 nitrogen and oxygen atoms in total. The van der Waals surface area contributed by atoms with Crippen molar-refractivity contribution >= 4 is 15.9 Å². The van der Waals surface area contributed by atoms with Crippen molar-refractivity contribution in [3.8, 4) is 5.75 Å². The molecule has 3 heteroatoms. The monoisotopic (exact) mass is 355 g/mol. The minimum atomic E-state index is 0.304. The van der Waals surface area contributed by atoms with Gasteiger partial charge >= 0.3 is 0 Å². The molecule has 0 bridgehead atoms. The summed E-state index contributed by atoms with van der Waals surface area (Å²) in [5, 5.41) is 3.46. The number of rotatable bonds is 10.